The molecule has 0 N–H and O–H groups in total. The van der Waals surface area contributed by atoms with Crippen molar-refractivity contribution < 1.29 is 14.3 Å². The number of para-hydroxylation sites is 1. The summed E-state index contributed by atoms with van der Waals surface area (Å²) in [5.41, 5.74) is 4.78. The zero-order valence-corrected chi connectivity index (χ0v) is 17.7. The lowest BCUT2D eigenvalue weighted by atomic mass is 10.0. The molecule has 6 nitrogen and oxygen atoms in total. The number of hydrogen-bond acceptors (Lipinski definition) is 4. The molecule has 0 aliphatic carbocycles. The Morgan fingerprint density at radius 2 is 1.87 bits per heavy atom. The van der Waals surface area contributed by atoms with Crippen molar-refractivity contribution in [2.45, 2.75) is 26.5 Å². The number of rotatable bonds is 5. The minimum Gasteiger partial charge on any atom is -0.489 e. The van der Waals surface area contributed by atoms with Crippen molar-refractivity contribution in [3.05, 3.63) is 82.7 Å². The van der Waals surface area contributed by atoms with Gasteiger partial charge in [-0.2, -0.15) is 5.10 Å². The fourth-order valence-electron chi connectivity index (χ4n) is 3.95. The van der Waals surface area contributed by atoms with Crippen LogP contribution in [0.25, 0.3) is 0 Å². The van der Waals surface area contributed by atoms with Crippen LogP contribution >= 0.6 is 0 Å². The quantitative estimate of drug-likeness (QED) is 0.647. The van der Waals surface area contributed by atoms with Gasteiger partial charge >= 0.3 is 0 Å². The first kappa shape index (κ1) is 20.2. The first-order valence-electron chi connectivity index (χ1n) is 10.2. The molecule has 30 heavy (non-hydrogen) atoms. The zero-order valence-electron chi connectivity index (χ0n) is 17.7. The van der Waals surface area contributed by atoms with E-state index in [1.165, 1.54) is 0 Å². The highest BCUT2D eigenvalue weighted by atomic mass is 16.5. The third-order valence-corrected chi connectivity index (χ3v) is 5.64. The lowest BCUT2D eigenvalue weighted by Crippen LogP contribution is -2.43. The highest BCUT2D eigenvalue weighted by Crippen LogP contribution is 2.30. The molecular formula is C24H27N3O3. The zero-order chi connectivity index (χ0) is 21.1. The Morgan fingerprint density at radius 3 is 2.53 bits per heavy atom. The molecule has 0 spiro atoms. The van der Waals surface area contributed by atoms with Crippen LogP contribution in [0.1, 0.15) is 38.9 Å². The van der Waals surface area contributed by atoms with E-state index in [-0.39, 0.29) is 11.9 Å². The normalized spacial score (nSPS) is 16.5. The molecule has 1 atom stereocenters. The Kier molecular flexibility index (Phi) is 5.86. The van der Waals surface area contributed by atoms with Crippen LogP contribution in [0.2, 0.25) is 0 Å². The molecule has 0 bridgehead atoms. The Morgan fingerprint density at radius 1 is 1.13 bits per heavy atom. The third-order valence-electron chi connectivity index (χ3n) is 5.64. The van der Waals surface area contributed by atoms with Gasteiger partial charge in [0, 0.05) is 30.4 Å². The summed E-state index contributed by atoms with van der Waals surface area (Å²) in [6.45, 7) is 6.09. The van der Waals surface area contributed by atoms with Crippen molar-refractivity contribution in [3.63, 3.8) is 0 Å². The summed E-state index contributed by atoms with van der Waals surface area (Å²) in [5.74, 6) is 0.845. The van der Waals surface area contributed by atoms with Gasteiger partial charge in [0.2, 0.25) is 0 Å². The van der Waals surface area contributed by atoms with Crippen molar-refractivity contribution >= 4 is 5.91 Å². The van der Waals surface area contributed by atoms with Crippen LogP contribution in [0, 0.1) is 13.8 Å². The number of benzene rings is 2. The molecule has 0 radical (unpaired) electrons. The van der Waals surface area contributed by atoms with Crippen molar-refractivity contribution in [2.24, 2.45) is 7.05 Å². The van der Waals surface area contributed by atoms with Gasteiger partial charge in [-0.25, -0.2) is 0 Å². The third kappa shape index (κ3) is 4.09. The molecule has 1 unspecified atom stereocenters. The van der Waals surface area contributed by atoms with E-state index >= 15 is 0 Å². The minimum atomic E-state index is -0.124. The van der Waals surface area contributed by atoms with Crippen LogP contribution in [-0.4, -0.2) is 40.3 Å². The van der Waals surface area contributed by atoms with Crippen LogP contribution in [0.3, 0.4) is 0 Å². The second-order valence-corrected chi connectivity index (χ2v) is 7.60. The van der Waals surface area contributed by atoms with Gasteiger partial charge in [0.05, 0.1) is 24.9 Å². The Bertz CT molecular complexity index is 1010. The van der Waals surface area contributed by atoms with Gasteiger partial charge in [0.1, 0.15) is 12.4 Å². The average Bonchev–Trinajstić information content (AvgIpc) is 3.04. The molecule has 1 saturated heterocycles. The molecule has 156 valence electrons. The molecule has 2 aromatic carbocycles. The van der Waals surface area contributed by atoms with E-state index in [9.17, 15) is 4.79 Å². The van der Waals surface area contributed by atoms with Gasteiger partial charge in [0.15, 0.2) is 0 Å². The van der Waals surface area contributed by atoms with Gasteiger partial charge in [0.25, 0.3) is 5.91 Å². The maximum absolute atomic E-state index is 13.3. The predicted octanol–water partition coefficient (Wildman–Crippen LogP) is 3.83. The van der Waals surface area contributed by atoms with Crippen molar-refractivity contribution in [1.82, 2.24) is 14.7 Å². The van der Waals surface area contributed by atoms with Crippen LogP contribution in [0.5, 0.6) is 5.75 Å². The number of amides is 1. The summed E-state index contributed by atoms with van der Waals surface area (Å²) in [5, 5.41) is 4.52. The van der Waals surface area contributed by atoms with E-state index in [4.69, 9.17) is 9.47 Å². The monoisotopic (exact) mass is 405 g/mol. The topological polar surface area (TPSA) is 56.6 Å². The van der Waals surface area contributed by atoms with Crippen LogP contribution in [0.15, 0.2) is 54.6 Å². The molecule has 0 saturated carbocycles. The van der Waals surface area contributed by atoms with Gasteiger partial charge in [-0.15, -0.1) is 0 Å². The van der Waals surface area contributed by atoms with Gasteiger partial charge in [-0.05, 0) is 43.7 Å². The number of morpholine rings is 1. The molecule has 1 amide bonds. The van der Waals surface area contributed by atoms with Gasteiger partial charge < -0.3 is 14.4 Å². The molecule has 4 rings (SSSR count). The van der Waals surface area contributed by atoms with Crippen LogP contribution < -0.4 is 4.74 Å². The van der Waals surface area contributed by atoms with Gasteiger partial charge in [-0.3, -0.25) is 9.48 Å². The molecule has 1 fully saturated rings. The number of hydrogen-bond donors (Lipinski definition) is 0. The highest BCUT2D eigenvalue weighted by Gasteiger charge is 2.32. The maximum atomic E-state index is 13.3. The number of carbonyl (C=O) groups is 1. The Balaban J connectivity index is 1.49. The van der Waals surface area contributed by atoms with Crippen LogP contribution in [0.4, 0.5) is 0 Å². The first-order chi connectivity index (χ1) is 14.5. The largest absolute Gasteiger partial charge is 0.489 e. The molecule has 1 aliphatic rings. The summed E-state index contributed by atoms with van der Waals surface area (Å²) in [4.78, 5) is 15.2. The minimum absolute atomic E-state index is 0.0153. The van der Waals surface area contributed by atoms with Gasteiger partial charge in [-0.1, -0.05) is 30.3 Å². The number of carbonyl (C=O) groups excluding carboxylic acids is 1. The van der Waals surface area contributed by atoms with E-state index in [0.717, 1.165) is 28.3 Å². The fourth-order valence-corrected chi connectivity index (χ4v) is 3.95. The van der Waals surface area contributed by atoms with E-state index in [2.05, 4.69) is 5.10 Å². The smallest absolute Gasteiger partial charge is 0.254 e. The highest BCUT2D eigenvalue weighted by molar-refractivity contribution is 5.94. The van der Waals surface area contributed by atoms with Crippen LogP contribution in [-0.2, 0) is 18.4 Å². The summed E-state index contributed by atoms with van der Waals surface area (Å²) < 4.78 is 13.4. The average molecular weight is 405 g/mol. The lowest BCUT2D eigenvalue weighted by molar-refractivity contribution is -0.00305. The van der Waals surface area contributed by atoms with E-state index in [1.54, 1.807) is 0 Å². The first-order valence-corrected chi connectivity index (χ1v) is 10.2. The van der Waals surface area contributed by atoms with E-state index in [0.29, 0.717) is 31.9 Å². The summed E-state index contributed by atoms with van der Waals surface area (Å²) in [6.07, 6.45) is 0. The molecule has 6 heteroatoms. The Labute approximate surface area is 177 Å². The molecule has 1 aromatic heterocycles. The van der Waals surface area contributed by atoms with Crippen molar-refractivity contribution in [1.29, 1.82) is 0 Å². The lowest BCUT2D eigenvalue weighted by Gasteiger charge is -2.36. The summed E-state index contributed by atoms with van der Waals surface area (Å²) in [7, 11) is 1.93. The number of nitrogens with zero attached hydrogens (tertiary/aromatic N) is 3. The number of ether oxygens (including phenoxy) is 2. The predicted molar refractivity (Wildman–Crippen MR) is 114 cm³/mol. The Hall–Kier alpha value is -3.12. The second-order valence-electron chi connectivity index (χ2n) is 7.60. The summed E-state index contributed by atoms with van der Waals surface area (Å²) in [6, 6.07) is 17.2. The molecular weight excluding hydrogens is 378 g/mol. The standard InChI is InChI=1S/C24H27N3O3/c1-17-23(18(2)26(3)25-17)22-16-29-14-13-27(22)24(28)20-11-9-19(10-12-20)15-30-21-7-5-4-6-8-21/h4-12,22H,13-16H2,1-3H3. The van der Waals surface area contributed by atoms with Crippen molar-refractivity contribution in [2.75, 3.05) is 19.8 Å². The second kappa shape index (κ2) is 8.71. The SMILES string of the molecule is Cc1nn(C)c(C)c1C1COCCN1C(=O)c1ccc(COc2ccccc2)cc1. The summed E-state index contributed by atoms with van der Waals surface area (Å²) >= 11 is 0. The molecule has 2 heterocycles. The number of aromatic nitrogens is 2. The van der Waals surface area contributed by atoms with E-state index in [1.807, 2.05) is 85.1 Å². The van der Waals surface area contributed by atoms with Crippen molar-refractivity contribution in [3.8, 4) is 5.75 Å². The molecule has 1 aliphatic heterocycles. The van der Waals surface area contributed by atoms with E-state index < -0.39 is 0 Å². The number of aryl methyl sites for hydroxylation is 2. The fraction of sp³-hybridized carbons (Fsp3) is 0.333. The molecule has 3 aromatic rings. The maximum Gasteiger partial charge on any atom is 0.254 e.